The first kappa shape index (κ1) is 16.1. The Labute approximate surface area is 151 Å². The van der Waals surface area contributed by atoms with Crippen molar-refractivity contribution in [3.8, 4) is 0 Å². The van der Waals surface area contributed by atoms with E-state index in [1.807, 2.05) is 23.1 Å². The zero-order valence-electron chi connectivity index (χ0n) is 13.4. The number of carbonyl (C=O) groups is 1. The summed E-state index contributed by atoms with van der Waals surface area (Å²) in [5.74, 6) is 0.667. The Morgan fingerprint density at radius 2 is 2.17 bits per heavy atom. The van der Waals surface area contributed by atoms with Crippen LogP contribution in [0.15, 0.2) is 36.7 Å². The van der Waals surface area contributed by atoms with E-state index in [1.54, 1.807) is 23.7 Å². The summed E-state index contributed by atoms with van der Waals surface area (Å²) >= 11 is 7.72. The van der Waals surface area contributed by atoms with E-state index < -0.39 is 0 Å². The van der Waals surface area contributed by atoms with Crippen molar-refractivity contribution in [1.82, 2.24) is 14.8 Å². The van der Waals surface area contributed by atoms with Gasteiger partial charge in [-0.1, -0.05) is 11.6 Å². The summed E-state index contributed by atoms with van der Waals surface area (Å²) in [5, 5.41) is 0. The standard InChI is InChI=1S/C18H20ClN3OS/c19-17-6-5-16(24-17)12-21-9-13-3-4-15(21)11-22(10-13)18(23)14-2-1-7-20-8-14/h1-2,5-8,13,15H,3-4,9-12H2/t13-,15-/m1/s1. The van der Waals surface area contributed by atoms with Gasteiger partial charge >= 0.3 is 0 Å². The van der Waals surface area contributed by atoms with Crippen LogP contribution in [-0.4, -0.2) is 46.4 Å². The molecule has 3 aliphatic heterocycles. The second kappa shape index (κ2) is 6.82. The number of piperidine rings is 1. The van der Waals surface area contributed by atoms with E-state index in [2.05, 4.69) is 16.0 Å². The van der Waals surface area contributed by atoms with Crippen LogP contribution in [0, 0.1) is 5.92 Å². The number of hydrogen-bond acceptors (Lipinski definition) is 4. The zero-order valence-corrected chi connectivity index (χ0v) is 15.0. The van der Waals surface area contributed by atoms with Crippen molar-refractivity contribution < 1.29 is 4.79 Å². The van der Waals surface area contributed by atoms with Gasteiger partial charge in [0.15, 0.2) is 0 Å². The van der Waals surface area contributed by atoms with E-state index in [1.165, 1.54) is 17.7 Å². The molecule has 0 spiro atoms. The lowest BCUT2D eigenvalue weighted by molar-refractivity contribution is 0.0736. The fraction of sp³-hybridized carbons (Fsp3) is 0.444. The first-order valence-corrected chi connectivity index (χ1v) is 9.56. The highest BCUT2D eigenvalue weighted by Gasteiger charge is 2.36. The second-order valence-electron chi connectivity index (χ2n) is 6.68. The molecule has 0 radical (unpaired) electrons. The van der Waals surface area contributed by atoms with E-state index in [0.717, 1.165) is 30.5 Å². The van der Waals surface area contributed by atoms with Crippen LogP contribution in [-0.2, 0) is 6.54 Å². The molecule has 2 atom stereocenters. The SMILES string of the molecule is O=C(c1cccnc1)N1C[C@@H]2CC[C@H](C1)N(Cc1ccc(Cl)s1)C2. The lowest BCUT2D eigenvalue weighted by Crippen LogP contribution is -2.43. The van der Waals surface area contributed by atoms with Gasteiger partial charge in [0.1, 0.15) is 0 Å². The molecule has 2 aromatic rings. The average molecular weight is 362 g/mol. The molecule has 1 amide bonds. The zero-order chi connectivity index (χ0) is 16.5. The predicted octanol–water partition coefficient (Wildman–Crippen LogP) is 3.53. The van der Waals surface area contributed by atoms with Crippen LogP contribution in [0.5, 0.6) is 0 Å². The molecule has 3 aliphatic rings. The highest BCUT2D eigenvalue weighted by Crippen LogP contribution is 2.31. The van der Waals surface area contributed by atoms with Gasteiger partial charge in [-0.25, -0.2) is 0 Å². The van der Waals surface area contributed by atoms with Crippen LogP contribution < -0.4 is 0 Å². The maximum Gasteiger partial charge on any atom is 0.255 e. The van der Waals surface area contributed by atoms with Gasteiger partial charge in [0, 0.05) is 49.5 Å². The van der Waals surface area contributed by atoms with Crippen molar-refractivity contribution in [2.45, 2.75) is 25.4 Å². The van der Waals surface area contributed by atoms with E-state index in [9.17, 15) is 4.79 Å². The smallest absolute Gasteiger partial charge is 0.255 e. The summed E-state index contributed by atoms with van der Waals surface area (Å²) < 4.78 is 0.846. The molecule has 3 saturated heterocycles. The lowest BCUT2D eigenvalue weighted by atomic mass is 9.95. The molecular weight excluding hydrogens is 342 g/mol. The molecule has 0 N–H and O–H groups in total. The van der Waals surface area contributed by atoms with Gasteiger partial charge in [0.05, 0.1) is 9.90 Å². The average Bonchev–Trinajstić information content (AvgIpc) is 2.82. The first-order chi connectivity index (χ1) is 11.7. The Morgan fingerprint density at radius 1 is 1.25 bits per heavy atom. The van der Waals surface area contributed by atoms with Gasteiger partial charge in [-0.3, -0.25) is 14.7 Å². The molecule has 5 rings (SSSR count). The van der Waals surface area contributed by atoms with E-state index in [0.29, 0.717) is 17.5 Å². The fourth-order valence-electron chi connectivity index (χ4n) is 3.85. The van der Waals surface area contributed by atoms with Crippen LogP contribution in [0.3, 0.4) is 0 Å². The van der Waals surface area contributed by atoms with E-state index in [4.69, 9.17) is 11.6 Å². The number of pyridine rings is 1. The maximum absolute atomic E-state index is 12.8. The summed E-state index contributed by atoms with van der Waals surface area (Å²) in [6.07, 6.45) is 5.75. The first-order valence-electron chi connectivity index (χ1n) is 8.36. The number of nitrogens with zero attached hydrogens (tertiary/aromatic N) is 3. The maximum atomic E-state index is 12.8. The largest absolute Gasteiger partial charge is 0.337 e. The Morgan fingerprint density at radius 3 is 2.92 bits per heavy atom. The molecule has 0 aromatic carbocycles. The Bertz CT molecular complexity index is 720. The van der Waals surface area contributed by atoms with Crippen LogP contribution >= 0.6 is 22.9 Å². The van der Waals surface area contributed by atoms with Crippen molar-refractivity contribution >= 4 is 28.8 Å². The molecule has 4 nitrogen and oxygen atoms in total. The highest BCUT2D eigenvalue weighted by molar-refractivity contribution is 7.16. The monoisotopic (exact) mass is 361 g/mol. The number of amides is 1. The fourth-order valence-corrected chi connectivity index (χ4v) is 4.96. The summed E-state index contributed by atoms with van der Waals surface area (Å²) in [6.45, 7) is 3.67. The normalized spacial score (nSPS) is 24.1. The summed E-state index contributed by atoms with van der Waals surface area (Å²) in [5.41, 5.74) is 0.690. The molecule has 6 heteroatoms. The number of fused-ring (bicyclic) bond motifs is 4. The Hall–Kier alpha value is -1.43. The minimum atomic E-state index is 0.112. The molecule has 5 heterocycles. The molecule has 126 valence electrons. The summed E-state index contributed by atoms with van der Waals surface area (Å²) in [4.78, 5) is 22.7. The second-order valence-corrected chi connectivity index (χ2v) is 8.48. The van der Waals surface area contributed by atoms with Gasteiger partial charge < -0.3 is 4.90 Å². The van der Waals surface area contributed by atoms with Crippen LogP contribution in [0.4, 0.5) is 0 Å². The Balaban J connectivity index is 1.49. The molecule has 0 saturated carbocycles. The van der Waals surface area contributed by atoms with Crippen molar-refractivity contribution in [2.24, 2.45) is 5.92 Å². The number of aromatic nitrogens is 1. The van der Waals surface area contributed by atoms with Crippen LogP contribution in [0.2, 0.25) is 4.34 Å². The highest BCUT2D eigenvalue weighted by atomic mass is 35.5. The topological polar surface area (TPSA) is 36.4 Å². The molecule has 0 aliphatic carbocycles. The van der Waals surface area contributed by atoms with Gasteiger partial charge in [0.25, 0.3) is 5.91 Å². The Kier molecular flexibility index (Phi) is 4.57. The van der Waals surface area contributed by atoms with Gasteiger partial charge in [-0.15, -0.1) is 11.3 Å². The van der Waals surface area contributed by atoms with E-state index >= 15 is 0 Å². The number of thiophene rings is 1. The molecule has 3 fully saturated rings. The van der Waals surface area contributed by atoms with Gasteiger partial charge in [-0.2, -0.15) is 0 Å². The van der Waals surface area contributed by atoms with Crippen molar-refractivity contribution in [1.29, 1.82) is 0 Å². The quantitative estimate of drug-likeness (QED) is 0.839. The molecule has 2 aromatic heterocycles. The number of hydrogen-bond donors (Lipinski definition) is 0. The number of halogens is 1. The van der Waals surface area contributed by atoms with Gasteiger partial charge in [0.2, 0.25) is 0 Å². The summed E-state index contributed by atoms with van der Waals surface area (Å²) in [7, 11) is 0. The molecule has 0 unspecified atom stereocenters. The van der Waals surface area contributed by atoms with E-state index in [-0.39, 0.29) is 5.91 Å². The minimum Gasteiger partial charge on any atom is -0.337 e. The van der Waals surface area contributed by atoms with Gasteiger partial charge in [-0.05, 0) is 43.0 Å². The number of carbonyl (C=O) groups excluding carboxylic acids is 1. The molecular formula is C18H20ClN3OS. The third-order valence-corrected chi connectivity index (χ3v) is 6.23. The third-order valence-electron chi connectivity index (χ3n) is 5.01. The number of rotatable bonds is 3. The molecule has 2 bridgehead atoms. The molecule has 24 heavy (non-hydrogen) atoms. The minimum absolute atomic E-state index is 0.112. The van der Waals surface area contributed by atoms with Crippen molar-refractivity contribution in [2.75, 3.05) is 19.6 Å². The van der Waals surface area contributed by atoms with Crippen LogP contribution in [0.1, 0.15) is 28.1 Å². The third kappa shape index (κ3) is 3.34. The van der Waals surface area contributed by atoms with Crippen molar-refractivity contribution in [3.05, 3.63) is 51.4 Å². The van der Waals surface area contributed by atoms with Crippen molar-refractivity contribution in [3.63, 3.8) is 0 Å². The summed E-state index contributed by atoms with van der Waals surface area (Å²) in [6, 6.07) is 8.20. The lowest BCUT2D eigenvalue weighted by Gasteiger charge is -2.35. The predicted molar refractivity (Wildman–Crippen MR) is 96.4 cm³/mol. The van der Waals surface area contributed by atoms with Crippen LogP contribution in [0.25, 0.3) is 0 Å².